The van der Waals surface area contributed by atoms with E-state index in [9.17, 15) is 0 Å². The Kier molecular flexibility index (Phi) is 3.62. The average molecular weight is 214 g/mol. The molecule has 82 valence electrons. The highest BCUT2D eigenvalue weighted by molar-refractivity contribution is 5.56. The van der Waals surface area contributed by atoms with Gasteiger partial charge in [-0.25, -0.2) is 4.57 Å². The first-order chi connectivity index (χ1) is 7.90. The van der Waals surface area contributed by atoms with Crippen LogP contribution in [0.5, 0.6) is 0 Å². The minimum absolute atomic E-state index is 0.731. The summed E-state index contributed by atoms with van der Waals surface area (Å²) in [5, 5.41) is 0. The summed E-state index contributed by atoms with van der Waals surface area (Å²) in [5.74, 6) is 0. The zero-order valence-corrected chi connectivity index (χ0v) is 9.21. The van der Waals surface area contributed by atoms with Gasteiger partial charge >= 0.3 is 0 Å². The molecule has 0 aliphatic rings. The molecular formula is C13H16N3+. The SMILES string of the molecule is NCCC[n+]1ccc(-c2ccccn2)cc1. The van der Waals surface area contributed by atoms with Crippen LogP contribution in [0.3, 0.4) is 0 Å². The molecule has 3 nitrogen and oxygen atoms in total. The van der Waals surface area contributed by atoms with E-state index in [0.717, 1.165) is 30.8 Å². The summed E-state index contributed by atoms with van der Waals surface area (Å²) in [7, 11) is 0. The molecule has 3 heteroatoms. The van der Waals surface area contributed by atoms with Crippen molar-refractivity contribution in [3.63, 3.8) is 0 Å². The Labute approximate surface area is 95.6 Å². The van der Waals surface area contributed by atoms with Crippen LogP contribution in [0.1, 0.15) is 6.42 Å². The minimum Gasteiger partial charge on any atom is -0.330 e. The molecule has 0 aromatic carbocycles. The third-order valence-corrected chi connectivity index (χ3v) is 2.47. The Balaban J connectivity index is 2.13. The van der Waals surface area contributed by atoms with Gasteiger partial charge in [-0.05, 0) is 18.7 Å². The number of pyridine rings is 2. The van der Waals surface area contributed by atoms with Crippen LogP contribution in [-0.4, -0.2) is 11.5 Å². The van der Waals surface area contributed by atoms with Crippen LogP contribution in [-0.2, 0) is 6.54 Å². The van der Waals surface area contributed by atoms with Gasteiger partial charge in [-0.15, -0.1) is 0 Å². The summed E-state index contributed by atoms with van der Waals surface area (Å²) in [5.41, 5.74) is 7.62. The second-order valence-electron chi connectivity index (χ2n) is 3.68. The van der Waals surface area contributed by atoms with Crippen molar-refractivity contribution in [3.05, 3.63) is 48.9 Å². The standard InChI is InChI=1S/C13H16N3/c14-7-3-9-16-10-5-12(6-11-16)13-4-1-2-8-15-13/h1-2,4-6,8,10-11H,3,7,9,14H2/q+1. The van der Waals surface area contributed by atoms with E-state index in [4.69, 9.17) is 5.73 Å². The minimum atomic E-state index is 0.731. The molecule has 0 radical (unpaired) electrons. The summed E-state index contributed by atoms with van der Waals surface area (Å²) in [4.78, 5) is 4.31. The number of nitrogens with two attached hydrogens (primary N) is 1. The van der Waals surface area contributed by atoms with E-state index >= 15 is 0 Å². The second-order valence-corrected chi connectivity index (χ2v) is 3.68. The van der Waals surface area contributed by atoms with Gasteiger partial charge in [-0.1, -0.05) is 6.07 Å². The highest BCUT2D eigenvalue weighted by Crippen LogP contribution is 2.13. The molecule has 0 unspecified atom stereocenters. The molecule has 0 atom stereocenters. The summed E-state index contributed by atoms with van der Waals surface area (Å²) in [6.07, 6.45) is 6.96. The summed E-state index contributed by atoms with van der Waals surface area (Å²) >= 11 is 0. The van der Waals surface area contributed by atoms with Gasteiger partial charge in [0.1, 0.15) is 6.54 Å². The van der Waals surface area contributed by atoms with E-state index in [2.05, 4.69) is 34.1 Å². The van der Waals surface area contributed by atoms with Gasteiger partial charge in [-0.3, -0.25) is 4.98 Å². The normalized spacial score (nSPS) is 10.3. The van der Waals surface area contributed by atoms with Gasteiger partial charge in [-0.2, -0.15) is 0 Å². The van der Waals surface area contributed by atoms with Crippen molar-refractivity contribution in [1.82, 2.24) is 4.98 Å². The van der Waals surface area contributed by atoms with Crippen LogP contribution in [0.15, 0.2) is 48.9 Å². The number of rotatable bonds is 4. The molecular weight excluding hydrogens is 198 g/mol. The Hall–Kier alpha value is -1.74. The molecule has 16 heavy (non-hydrogen) atoms. The zero-order chi connectivity index (χ0) is 11.2. The molecule has 0 amide bonds. The molecule has 2 rings (SSSR count). The Morgan fingerprint density at radius 1 is 1.12 bits per heavy atom. The molecule has 2 aromatic rings. The van der Waals surface area contributed by atoms with Crippen molar-refractivity contribution in [1.29, 1.82) is 0 Å². The lowest BCUT2D eigenvalue weighted by Gasteiger charge is -1.99. The van der Waals surface area contributed by atoms with Crippen molar-refractivity contribution >= 4 is 0 Å². The number of hydrogen-bond donors (Lipinski definition) is 1. The van der Waals surface area contributed by atoms with E-state index in [1.54, 1.807) is 0 Å². The van der Waals surface area contributed by atoms with Gasteiger partial charge in [0.15, 0.2) is 12.4 Å². The zero-order valence-electron chi connectivity index (χ0n) is 9.21. The molecule has 2 aromatic heterocycles. The Morgan fingerprint density at radius 3 is 2.56 bits per heavy atom. The van der Waals surface area contributed by atoms with Crippen LogP contribution < -0.4 is 10.3 Å². The van der Waals surface area contributed by atoms with Gasteiger partial charge in [0.2, 0.25) is 0 Å². The van der Waals surface area contributed by atoms with Crippen molar-refractivity contribution in [2.45, 2.75) is 13.0 Å². The summed E-state index contributed by atoms with van der Waals surface area (Å²) in [6, 6.07) is 10.1. The fraction of sp³-hybridized carbons (Fsp3) is 0.231. The third-order valence-electron chi connectivity index (χ3n) is 2.47. The molecule has 0 saturated heterocycles. The van der Waals surface area contributed by atoms with Crippen molar-refractivity contribution in [2.75, 3.05) is 6.54 Å². The van der Waals surface area contributed by atoms with Gasteiger partial charge in [0.25, 0.3) is 0 Å². The van der Waals surface area contributed by atoms with Crippen molar-refractivity contribution < 1.29 is 4.57 Å². The fourth-order valence-corrected chi connectivity index (χ4v) is 1.58. The Bertz CT molecular complexity index is 423. The summed E-state index contributed by atoms with van der Waals surface area (Å²) < 4.78 is 2.14. The summed E-state index contributed by atoms with van der Waals surface area (Å²) in [6.45, 7) is 1.70. The monoisotopic (exact) mass is 214 g/mol. The number of aryl methyl sites for hydroxylation is 1. The first kappa shape index (κ1) is 10.8. The van der Waals surface area contributed by atoms with Crippen LogP contribution in [0.25, 0.3) is 11.3 Å². The predicted molar refractivity (Wildman–Crippen MR) is 63.5 cm³/mol. The molecule has 0 aliphatic heterocycles. The van der Waals surface area contributed by atoms with E-state index in [-0.39, 0.29) is 0 Å². The number of nitrogens with zero attached hydrogens (tertiary/aromatic N) is 2. The molecule has 0 spiro atoms. The van der Waals surface area contributed by atoms with Gasteiger partial charge < -0.3 is 5.73 Å². The quantitative estimate of drug-likeness (QED) is 0.781. The van der Waals surface area contributed by atoms with Crippen LogP contribution in [0.2, 0.25) is 0 Å². The van der Waals surface area contributed by atoms with E-state index < -0.39 is 0 Å². The molecule has 0 saturated carbocycles. The lowest BCUT2D eigenvalue weighted by Crippen LogP contribution is -2.33. The van der Waals surface area contributed by atoms with Crippen molar-refractivity contribution in [3.8, 4) is 11.3 Å². The molecule has 2 N–H and O–H groups in total. The average Bonchev–Trinajstić information content (AvgIpc) is 2.38. The van der Waals surface area contributed by atoms with Crippen molar-refractivity contribution in [2.24, 2.45) is 5.73 Å². The van der Waals surface area contributed by atoms with E-state index in [0.29, 0.717) is 0 Å². The second kappa shape index (κ2) is 5.37. The first-order valence-electron chi connectivity index (χ1n) is 5.51. The third kappa shape index (κ3) is 2.64. The molecule has 2 heterocycles. The number of aromatic nitrogens is 2. The molecule has 0 bridgehead atoms. The molecule has 0 aliphatic carbocycles. The Morgan fingerprint density at radius 2 is 1.94 bits per heavy atom. The molecule has 0 fully saturated rings. The lowest BCUT2D eigenvalue weighted by molar-refractivity contribution is -0.697. The maximum atomic E-state index is 5.47. The van der Waals surface area contributed by atoms with Crippen LogP contribution in [0, 0.1) is 0 Å². The van der Waals surface area contributed by atoms with Crippen LogP contribution in [0.4, 0.5) is 0 Å². The largest absolute Gasteiger partial charge is 0.330 e. The van der Waals surface area contributed by atoms with Gasteiger partial charge in [0.05, 0.1) is 5.69 Å². The predicted octanol–water partition coefficient (Wildman–Crippen LogP) is 1.38. The number of hydrogen-bond acceptors (Lipinski definition) is 2. The lowest BCUT2D eigenvalue weighted by atomic mass is 10.2. The maximum absolute atomic E-state index is 5.47. The first-order valence-corrected chi connectivity index (χ1v) is 5.51. The van der Waals surface area contributed by atoms with E-state index in [1.807, 2.05) is 24.4 Å². The highest BCUT2D eigenvalue weighted by Gasteiger charge is 2.02. The highest BCUT2D eigenvalue weighted by atomic mass is 14.9. The van der Waals surface area contributed by atoms with Crippen LogP contribution >= 0.6 is 0 Å². The van der Waals surface area contributed by atoms with Gasteiger partial charge in [0, 0.05) is 30.3 Å². The fourth-order valence-electron chi connectivity index (χ4n) is 1.58. The maximum Gasteiger partial charge on any atom is 0.169 e. The van der Waals surface area contributed by atoms with E-state index in [1.165, 1.54) is 0 Å². The smallest absolute Gasteiger partial charge is 0.169 e. The topological polar surface area (TPSA) is 42.8 Å².